The number of furan rings is 1. The summed E-state index contributed by atoms with van der Waals surface area (Å²) in [7, 11) is -3.58. The molecule has 0 fully saturated rings. The van der Waals surface area contributed by atoms with E-state index in [4.69, 9.17) is 9.52 Å². The standard InChI is InChI=1S/C15H16O5S/c1-9-6-11(3)14(7-10(9)2)21(18,19)8-12-4-5-13(20-12)15(16)17/h4-7H,8H2,1-3H3,(H,16,17). The molecule has 1 aromatic carbocycles. The van der Waals surface area contributed by atoms with Gasteiger partial charge in [0.15, 0.2) is 9.84 Å². The van der Waals surface area contributed by atoms with Gasteiger partial charge in [-0.3, -0.25) is 0 Å². The summed E-state index contributed by atoms with van der Waals surface area (Å²) in [5.74, 6) is -1.73. The fourth-order valence-electron chi connectivity index (χ4n) is 2.10. The first-order valence-corrected chi connectivity index (χ1v) is 7.98. The van der Waals surface area contributed by atoms with Crippen LogP contribution in [0.15, 0.2) is 33.6 Å². The summed E-state index contributed by atoms with van der Waals surface area (Å²) in [5.41, 5.74) is 2.59. The molecule has 1 N–H and O–H groups in total. The zero-order valence-corrected chi connectivity index (χ0v) is 12.8. The fourth-order valence-corrected chi connectivity index (χ4v) is 3.70. The van der Waals surface area contributed by atoms with Gasteiger partial charge in [-0.15, -0.1) is 0 Å². The molecule has 2 rings (SSSR count). The first kappa shape index (κ1) is 15.3. The van der Waals surface area contributed by atoms with Crippen LogP contribution in [-0.4, -0.2) is 19.5 Å². The molecule has 2 aromatic rings. The monoisotopic (exact) mass is 308 g/mol. The van der Waals surface area contributed by atoms with E-state index in [0.717, 1.165) is 11.1 Å². The molecule has 0 bridgehead atoms. The molecular weight excluding hydrogens is 292 g/mol. The highest BCUT2D eigenvalue weighted by Gasteiger charge is 2.21. The van der Waals surface area contributed by atoms with Crippen molar-refractivity contribution in [2.24, 2.45) is 0 Å². The Morgan fingerprint density at radius 2 is 1.71 bits per heavy atom. The molecular formula is C15H16O5S. The van der Waals surface area contributed by atoms with Crippen molar-refractivity contribution in [3.05, 3.63) is 52.5 Å². The molecule has 0 aliphatic carbocycles. The van der Waals surface area contributed by atoms with Crippen molar-refractivity contribution in [3.63, 3.8) is 0 Å². The molecule has 1 aromatic heterocycles. The average molecular weight is 308 g/mol. The van der Waals surface area contributed by atoms with Crippen LogP contribution < -0.4 is 0 Å². The average Bonchev–Trinajstić information content (AvgIpc) is 2.81. The Morgan fingerprint density at radius 3 is 2.29 bits per heavy atom. The first-order chi connectivity index (χ1) is 9.70. The van der Waals surface area contributed by atoms with Crippen LogP contribution in [0.4, 0.5) is 0 Å². The minimum atomic E-state index is -3.58. The van der Waals surface area contributed by atoms with Gasteiger partial charge >= 0.3 is 5.97 Å². The summed E-state index contributed by atoms with van der Waals surface area (Å²) in [6.45, 7) is 5.51. The molecule has 0 amide bonds. The lowest BCUT2D eigenvalue weighted by atomic mass is 10.1. The maximum atomic E-state index is 12.5. The van der Waals surface area contributed by atoms with Gasteiger partial charge in [0.1, 0.15) is 11.5 Å². The van der Waals surface area contributed by atoms with Crippen molar-refractivity contribution >= 4 is 15.8 Å². The van der Waals surface area contributed by atoms with Crippen LogP contribution >= 0.6 is 0 Å². The Hall–Kier alpha value is -2.08. The molecule has 0 saturated heterocycles. The Kier molecular flexibility index (Phi) is 3.91. The normalized spacial score (nSPS) is 11.6. The van der Waals surface area contributed by atoms with Gasteiger partial charge in [-0.2, -0.15) is 0 Å². The lowest BCUT2D eigenvalue weighted by Crippen LogP contribution is -2.07. The van der Waals surface area contributed by atoms with E-state index >= 15 is 0 Å². The lowest BCUT2D eigenvalue weighted by Gasteiger charge is -2.10. The van der Waals surface area contributed by atoms with E-state index in [9.17, 15) is 13.2 Å². The van der Waals surface area contributed by atoms with Crippen molar-refractivity contribution in [1.82, 2.24) is 0 Å². The summed E-state index contributed by atoms with van der Waals surface area (Å²) < 4.78 is 29.9. The molecule has 0 aliphatic rings. The summed E-state index contributed by atoms with van der Waals surface area (Å²) in [5, 5.41) is 8.78. The number of carbonyl (C=O) groups is 1. The largest absolute Gasteiger partial charge is 0.475 e. The topological polar surface area (TPSA) is 84.6 Å². The van der Waals surface area contributed by atoms with Crippen molar-refractivity contribution in [3.8, 4) is 0 Å². The van der Waals surface area contributed by atoms with Gasteiger partial charge in [0, 0.05) is 0 Å². The van der Waals surface area contributed by atoms with Gasteiger partial charge in [0.25, 0.3) is 0 Å². The summed E-state index contributed by atoms with van der Waals surface area (Å²) in [4.78, 5) is 11.0. The molecule has 0 radical (unpaired) electrons. The van der Waals surface area contributed by atoms with Crippen LogP contribution in [0.1, 0.15) is 33.0 Å². The predicted octanol–water partition coefficient (Wildman–Crippen LogP) is 2.88. The van der Waals surface area contributed by atoms with E-state index in [1.54, 1.807) is 13.0 Å². The third-order valence-corrected chi connectivity index (χ3v) is 5.11. The third-order valence-electron chi connectivity index (χ3n) is 3.33. The molecule has 0 spiro atoms. The molecule has 0 saturated carbocycles. The SMILES string of the molecule is Cc1cc(C)c(S(=O)(=O)Cc2ccc(C(=O)O)o2)cc1C. The number of benzene rings is 1. The Morgan fingerprint density at radius 1 is 1.10 bits per heavy atom. The number of carboxylic acid groups (broad SMARTS) is 1. The molecule has 112 valence electrons. The van der Waals surface area contributed by atoms with Gasteiger partial charge < -0.3 is 9.52 Å². The summed E-state index contributed by atoms with van der Waals surface area (Å²) in [6.07, 6.45) is 0. The molecule has 0 unspecified atom stereocenters. The zero-order chi connectivity index (χ0) is 15.8. The van der Waals surface area contributed by atoms with E-state index < -0.39 is 15.8 Å². The van der Waals surface area contributed by atoms with Crippen LogP contribution in [0.25, 0.3) is 0 Å². The number of aryl methyl sites for hydroxylation is 3. The van der Waals surface area contributed by atoms with E-state index in [2.05, 4.69) is 0 Å². The van der Waals surface area contributed by atoms with E-state index in [-0.39, 0.29) is 22.2 Å². The van der Waals surface area contributed by atoms with Crippen LogP contribution in [0.3, 0.4) is 0 Å². The van der Waals surface area contributed by atoms with Gasteiger partial charge in [-0.05, 0) is 55.7 Å². The number of sulfone groups is 1. The Balaban J connectivity index is 2.38. The molecule has 0 aliphatic heterocycles. The number of hydrogen-bond donors (Lipinski definition) is 1. The Bertz CT molecular complexity index is 799. The zero-order valence-electron chi connectivity index (χ0n) is 12.0. The molecule has 1 heterocycles. The van der Waals surface area contributed by atoms with E-state index in [1.165, 1.54) is 12.1 Å². The van der Waals surface area contributed by atoms with Crippen molar-refractivity contribution in [1.29, 1.82) is 0 Å². The van der Waals surface area contributed by atoms with Gasteiger partial charge in [0.05, 0.1) is 4.90 Å². The van der Waals surface area contributed by atoms with Crippen molar-refractivity contribution < 1.29 is 22.7 Å². The molecule has 21 heavy (non-hydrogen) atoms. The second-order valence-corrected chi connectivity index (χ2v) is 6.99. The quantitative estimate of drug-likeness (QED) is 0.938. The highest BCUT2D eigenvalue weighted by atomic mass is 32.2. The van der Waals surface area contributed by atoms with Gasteiger partial charge in [0.2, 0.25) is 5.76 Å². The Labute approximate surface area is 123 Å². The van der Waals surface area contributed by atoms with E-state index in [1.807, 2.05) is 19.9 Å². The second-order valence-electron chi connectivity index (χ2n) is 5.03. The molecule has 6 heteroatoms. The maximum absolute atomic E-state index is 12.5. The highest BCUT2D eigenvalue weighted by molar-refractivity contribution is 7.90. The summed E-state index contributed by atoms with van der Waals surface area (Å²) in [6, 6.07) is 6.09. The smallest absolute Gasteiger partial charge is 0.371 e. The minimum Gasteiger partial charge on any atom is -0.475 e. The number of aromatic carboxylic acids is 1. The van der Waals surface area contributed by atoms with Crippen molar-refractivity contribution in [2.75, 3.05) is 0 Å². The van der Waals surface area contributed by atoms with Crippen molar-refractivity contribution in [2.45, 2.75) is 31.4 Å². The molecule has 5 nitrogen and oxygen atoms in total. The number of rotatable bonds is 4. The van der Waals surface area contributed by atoms with Crippen LogP contribution in [0.2, 0.25) is 0 Å². The number of hydrogen-bond acceptors (Lipinski definition) is 4. The number of carboxylic acids is 1. The van der Waals surface area contributed by atoms with Crippen LogP contribution in [0, 0.1) is 20.8 Å². The van der Waals surface area contributed by atoms with Crippen LogP contribution in [0.5, 0.6) is 0 Å². The summed E-state index contributed by atoms with van der Waals surface area (Å²) >= 11 is 0. The fraction of sp³-hybridized carbons (Fsp3) is 0.267. The van der Waals surface area contributed by atoms with Crippen LogP contribution in [-0.2, 0) is 15.6 Å². The second kappa shape index (κ2) is 5.37. The van der Waals surface area contributed by atoms with Gasteiger partial charge in [-0.25, -0.2) is 13.2 Å². The predicted molar refractivity (Wildman–Crippen MR) is 77.2 cm³/mol. The maximum Gasteiger partial charge on any atom is 0.371 e. The lowest BCUT2D eigenvalue weighted by molar-refractivity contribution is 0.0660. The van der Waals surface area contributed by atoms with Gasteiger partial charge in [-0.1, -0.05) is 6.07 Å². The third kappa shape index (κ3) is 3.16. The first-order valence-electron chi connectivity index (χ1n) is 6.33. The van der Waals surface area contributed by atoms with E-state index in [0.29, 0.717) is 5.56 Å². The highest BCUT2D eigenvalue weighted by Crippen LogP contribution is 2.24. The molecule has 0 atom stereocenters. The minimum absolute atomic E-state index is 0.116.